The summed E-state index contributed by atoms with van der Waals surface area (Å²) >= 11 is 5.96. The molecule has 0 saturated heterocycles. The number of methoxy groups -OCH3 is 1. The molecule has 1 atom stereocenters. The van der Waals surface area contributed by atoms with Gasteiger partial charge >= 0.3 is 12.0 Å². The third-order valence-electron chi connectivity index (χ3n) is 5.78. The Labute approximate surface area is 191 Å². The number of amides is 2. The van der Waals surface area contributed by atoms with Gasteiger partial charge in [0.1, 0.15) is 0 Å². The van der Waals surface area contributed by atoms with Crippen molar-refractivity contribution < 1.29 is 22.7 Å². The quantitative estimate of drug-likeness (QED) is 0.646. The number of hydrogen-bond acceptors (Lipinski definition) is 5. The van der Waals surface area contributed by atoms with Gasteiger partial charge in [-0.2, -0.15) is 0 Å². The Morgan fingerprint density at radius 3 is 2.47 bits per heavy atom. The number of ether oxygens (including phenoxy) is 1. The summed E-state index contributed by atoms with van der Waals surface area (Å²) in [4.78, 5) is 25.2. The molecule has 2 N–H and O–H groups in total. The maximum absolute atomic E-state index is 13.3. The fourth-order valence-corrected chi connectivity index (χ4v) is 5.66. The standard InChI is InChI=1S/C23H23ClN2O5S/c1-31-22(27)20-19(25-23(28)26-21(20)15-6-9-17(24)10-7-15)13-32(29,30)18-11-8-14-4-2-3-5-16(14)12-18/h6-12,21H,2-5,13H2,1H3,(H2,25,26,28)/t21-/m0/s1. The van der Waals surface area contributed by atoms with Crippen molar-refractivity contribution in [1.29, 1.82) is 0 Å². The normalized spacial score (nSPS) is 18.4. The minimum absolute atomic E-state index is 0.00160. The van der Waals surface area contributed by atoms with Crippen LogP contribution >= 0.6 is 11.6 Å². The first-order chi connectivity index (χ1) is 15.3. The smallest absolute Gasteiger partial charge is 0.338 e. The summed E-state index contributed by atoms with van der Waals surface area (Å²) < 4.78 is 31.4. The zero-order valence-corrected chi connectivity index (χ0v) is 19.1. The van der Waals surface area contributed by atoms with Crippen LogP contribution in [0.25, 0.3) is 0 Å². The molecule has 1 aliphatic heterocycles. The van der Waals surface area contributed by atoms with Gasteiger partial charge in [0.15, 0.2) is 9.84 Å². The highest BCUT2D eigenvalue weighted by atomic mass is 35.5. The lowest BCUT2D eigenvalue weighted by atomic mass is 9.92. The lowest BCUT2D eigenvalue weighted by Gasteiger charge is -2.29. The van der Waals surface area contributed by atoms with Gasteiger partial charge in [0.05, 0.1) is 29.4 Å². The Morgan fingerprint density at radius 2 is 1.78 bits per heavy atom. The van der Waals surface area contributed by atoms with Crippen LogP contribution in [-0.2, 0) is 32.2 Å². The predicted molar refractivity (Wildman–Crippen MR) is 120 cm³/mol. The van der Waals surface area contributed by atoms with Crippen molar-refractivity contribution in [2.45, 2.75) is 36.6 Å². The van der Waals surface area contributed by atoms with E-state index in [0.717, 1.165) is 31.2 Å². The third-order valence-corrected chi connectivity index (χ3v) is 7.67. The summed E-state index contributed by atoms with van der Waals surface area (Å²) in [6.45, 7) is 0. The topological polar surface area (TPSA) is 102 Å². The molecule has 0 bridgehead atoms. The number of benzene rings is 2. The maximum atomic E-state index is 13.3. The molecule has 0 spiro atoms. The largest absolute Gasteiger partial charge is 0.466 e. The Kier molecular flexibility index (Phi) is 6.26. The number of carbonyl (C=O) groups is 2. The van der Waals surface area contributed by atoms with E-state index < -0.39 is 33.6 Å². The molecule has 9 heteroatoms. The molecule has 2 aromatic rings. The molecular formula is C23H23ClN2O5S. The first kappa shape index (κ1) is 22.4. The van der Waals surface area contributed by atoms with Gasteiger partial charge in [0, 0.05) is 10.7 Å². The molecule has 0 aromatic heterocycles. The average molecular weight is 475 g/mol. The number of sulfone groups is 1. The predicted octanol–water partition coefficient (Wildman–Crippen LogP) is 3.47. The van der Waals surface area contributed by atoms with Crippen molar-refractivity contribution in [3.63, 3.8) is 0 Å². The van der Waals surface area contributed by atoms with Crippen molar-refractivity contribution in [2.24, 2.45) is 0 Å². The van der Waals surface area contributed by atoms with Crippen LogP contribution in [0.4, 0.5) is 4.79 Å². The Hall–Kier alpha value is -2.84. The number of carbonyl (C=O) groups excluding carboxylic acids is 2. The highest BCUT2D eigenvalue weighted by Gasteiger charge is 2.35. The van der Waals surface area contributed by atoms with Gasteiger partial charge in [0.2, 0.25) is 0 Å². The van der Waals surface area contributed by atoms with Crippen LogP contribution in [0.1, 0.15) is 35.6 Å². The van der Waals surface area contributed by atoms with Gasteiger partial charge in [-0.15, -0.1) is 0 Å². The van der Waals surface area contributed by atoms with Gasteiger partial charge in [-0.1, -0.05) is 29.8 Å². The van der Waals surface area contributed by atoms with E-state index in [1.54, 1.807) is 36.4 Å². The van der Waals surface area contributed by atoms with Crippen LogP contribution < -0.4 is 10.6 Å². The summed E-state index contributed by atoms with van der Waals surface area (Å²) in [7, 11) is -2.62. The summed E-state index contributed by atoms with van der Waals surface area (Å²) in [5, 5.41) is 5.67. The van der Waals surface area contributed by atoms with E-state index in [1.165, 1.54) is 12.7 Å². The Morgan fingerprint density at radius 1 is 1.09 bits per heavy atom. The molecule has 1 heterocycles. The molecule has 32 heavy (non-hydrogen) atoms. The van der Waals surface area contributed by atoms with Gasteiger partial charge in [-0.25, -0.2) is 18.0 Å². The molecule has 0 unspecified atom stereocenters. The first-order valence-corrected chi connectivity index (χ1v) is 12.3. The molecule has 0 fully saturated rings. The van der Waals surface area contributed by atoms with Crippen LogP contribution in [0.3, 0.4) is 0 Å². The van der Waals surface area contributed by atoms with Crippen LogP contribution in [0, 0.1) is 0 Å². The van der Waals surface area contributed by atoms with Crippen molar-refractivity contribution >= 4 is 33.4 Å². The number of fused-ring (bicyclic) bond motifs is 1. The molecule has 1 aliphatic carbocycles. The lowest BCUT2D eigenvalue weighted by Crippen LogP contribution is -2.47. The molecular weight excluding hydrogens is 452 g/mol. The van der Waals surface area contributed by atoms with Gasteiger partial charge in [-0.05, 0) is 66.6 Å². The van der Waals surface area contributed by atoms with Crippen LogP contribution in [0.15, 0.2) is 58.6 Å². The van der Waals surface area contributed by atoms with E-state index in [9.17, 15) is 18.0 Å². The van der Waals surface area contributed by atoms with Crippen molar-refractivity contribution in [3.05, 3.63) is 75.4 Å². The highest BCUT2D eigenvalue weighted by molar-refractivity contribution is 7.91. The molecule has 168 valence electrons. The third kappa shape index (κ3) is 4.52. The number of urea groups is 1. The van der Waals surface area contributed by atoms with E-state index in [-0.39, 0.29) is 16.2 Å². The average Bonchev–Trinajstić information content (AvgIpc) is 2.78. The maximum Gasteiger partial charge on any atom is 0.338 e. The molecule has 2 aromatic carbocycles. The molecule has 2 amide bonds. The monoisotopic (exact) mass is 474 g/mol. The van der Waals surface area contributed by atoms with Gasteiger partial charge in [0.25, 0.3) is 0 Å². The molecule has 7 nitrogen and oxygen atoms in total. The zero-order chi connectivity index (χ0) is 22.9. The second-order valence-electron chi connectivity index (χ2n) is 7.86. The summed E-state index contributed by atoms with van der Waals surface area (Å²) in [6, 6.07) is 10.3. The SMILES string of the molecule is COC(=O)C1=C(CS(=O)(=O)c2ccc3c(c2)CCCC3)NC(=O)N[C@H]1c1ccc(Cl)cc1. The van der Waals surface area contributed by atoms with E-state index in [0.29, 0.717) is 10.6 Å². The molecule has 0 saturated carbocycles. The van der Waals surface area contributed by atoms with E-state index in [2.05, 4.69) is 10.6 Å². The minimum Gasteiger partial charge on any atom is -0.466 e. The van der Waals surface area contributed by atoms with E-state index in [4.69, 9.17) is 16.3 Å². The second-order valence-corrected chi connectivity index (χ2v) is 10.3. The van der Waals surface area contributed by atoms with Crippen molar-refractivity contribution in [1.82, 2.24) is 10.6 Å². The van der Waals surface area contributed by atoms with E-state index >= 15 is 0 Å². The Bertz CT molecular complexity index is 1210. The second kappa shape index (κ2) is 8.96. The summed E-state index contributed by atoms with van der Waals surface area (Å²) in [6.07, 6.45) is 3.91. The summed E-state index contributed by atoms with van der Waals surface area (Å²) in [5.41, 5.74) is 2.82. The fourth-order valence-electron chi connectivity index (χ4n) is 4.16. The number of aryl methyl sites for hydroxylation is 2. The zero-order valence-electron chi connectivity index (χ0n) is 17.5. The van der Waals surface area contributed by atoms with Crippen molar-refractivity contribution in [2.75, 3.05) is 12.9 Å². The summed E-state index contributed by atoms with van der Waals surface area (Å²) in [5.74, 6) is -1.26. The minimum atomic E-state index is -3.83. The number of rotatable bonds is 5. The number of nitrogens with one attached hydrogen (secondary N) is 2. The lowest BCUT2D eigenvalue weighted by molar-refractivity contribution is -0.136. The van der Waals surface area contributed by atoms with Gasteiger partial charge < -0.3 is 15.4 Å². The first-order valence-electron chi connectivity index (χ1n) is 10.3. The molecule has 2 aliphatic rings. The van der Waals surface area contributed by atoms with Crippen LogP contribution in [-0.4, -0.2) is 33.3 Å². The van der Waals surface area contributed by atoms with Gasteiger partial charge in [-0.3, -0.25) is 0 Å². The number of hydrogen-bond donors (Lipinski definition) is 2. The van der Waals surface area contributed by atoms with Crippen LogP contribution in [0.5, 0.6) is 0 Å². The van der Waals surface area contributed by atoms with Crippen molar-refractivity contribution in [3.8, 4) is 0 Å². The molecule has 4 rings (SSSR count). The molecule has 0 radical (unpaired) electrons. The fraction of sp³-hybridized carbons (Fsp3) is 0.304. The van der Waals surface area contributed by atoms with E-state index in [1.807, 2.05) is 6.07 Å². The number of esters is 1. The Balaban J connectivity index is 1.75. The highest BCUT2D eigenvalue weighted by Crippen LogP contribution is 2.31. The van der Waals surface area contributed by atoms with Crippen LogP contribution in [0.2, 0.25) is 5.02 Å². The number of halogens is 1.